The van der Waals surface area contributed by atoms with Crippen LogP contribution in [0.5, 0.6) is 0 Å². The molecule has 7 heteroatoms. The number of carbonyl (C=O) groups is 1. The van der Waals surface area contributed by atoms with Gasteiger partial charge in [0.2, 0.25) is 5.91 Å². The smallest absolute Gasteiger partial charge is 0.261 e. The number of hydrogen-bond donors (Lipinski definition) is 0. The van der Waals surface area contributed by atoms with Crippen molar-refractivity contribution in [3.8, 4) is 0 Å². The molecule has 0 aliphatic rings. The summed E-state index contributed by atoms with van der Waals surface area (Å²) in [6, 6.07) is 22.6. The lowest BCUT2D eigenvalue weighted by molar-refractivity contribution is -0.119. The van der Waals surface area contributed by atoms with Gasteiger partial charge in [0.05, 0.1) is 35.7 Å². The van der Waals surface area contributed by atoms with Gasteiger partial charge in [-0.2, -0.15) is 0 Å². The van der Waals surface area contributed by atoms with Gasteiger partial charge < -0.3 is 9.30 Å². The van der Waals surface area contributed by atoms with Gasteiger partial charge in [-0.25, -0.2) is 9.97 Å². The van der Waals surface area contributed by atoms with E-state index in [0.29, 0.717) is 17.4 Å². The van der Waals surface area contributed by atoms with Gasteiger partial charge in [0.1, 0.15) is 5.65 Å². The van der Waals surface area contributed by atoms with Crippen molar-refractivity contribution >= 4 is 28.1 Å². The first-order chi connectivity index (χ1) is 15.7. The highest BCUT2D eigenvalue weighted by Gasteiger charge is 2.18. The fourth-order valence-corrected chi connectivity index (χ4v) is 3.81. The SMILES string of the molecule is O=C(CCn1cnc2ccccc2c1=O)N(Cc1cnc2ccccn12)c1ccccc1. The zero-order valence-electron chi connectivity index (χ0n) is 17.3. The van der Waals surface area contributed by atoms with E-state index in [1.165, 1.54) is 10.9 Å². The molecule has 3 heterocycles. The fourth-order valence-electron chi connectivity index (χ4n) is 3.81. The Labute approximate surface area is 184 Å². The van der Waals surface area contributed by atoms with Crippen LogP contribution in [0, 0.1) is 0 Å². The molecule has 0 bridgehead atoms. The predicted molar refractivity (Wildman–Crippen MR) is 123 cm³/mol. The molecule has 0 spiro atoms. The summed E-state index contributed by atoms with van der Waals surface area (Å²) in [6.45, 7) is 0.630. The van der Waals surface area contributed by atoms with Crippen molar-refractivity contribution in [2.75, 3.05) is 4.90 Å². The molecule has 1 amide bonds. The summed E-state index contributed by atoms with van der Waals surface area (Å²) in [5, 5.41) is 0.549. The zero-order chi connectivity index (χ0) is 21.9. The van der Waals surface area contributed by atoms with E-state index in [2.05, 4.69) is 9.97 Å². The van der Waals surface area contributed by atoms with Crippen molar-refractivity contribution < 1.29 is 4.79 Å². The summed E-state index contributed by atoms with van der Waals surface area (Å²) in [4.78, 5) is 36.6. The summed E-state index contributed by atoms with van der Waals surface area (Å²) in [5.74, 6) is -0.0814. The van der Waals surface area contributed by atoms with Crippen LogP contribution in [0.4, 0.5) is 5.69 Å². The topological polar surface area (TPSA) is 72.5 Å². The van der Waals surface area contributed by atoms with Crippen LogP contribution in [-0.2, 0) is 17.9 Å². The first kappa shape index (κ1) is 19.7. The Balaban J connectivity index is 1.41. The van der Waals surface area contributed by atoms with E-state index >= 15 is 0 Å². The van der Waals surface area contributed by atoms with Crippen molar-refractivity contribution in [1.82, 2.24) is 18.9 Å². The van der Waals surface area contributed by atoms with Crippen LogP contribution in [0.3, 0.4) is 0 Å². The Bertz CT molecular complexity index is 1460. The number of fused-ring (bicyclic) bond motifs is 2. The number of hydrogen-bond acceptors (Lipinski definition) is 4. The van der Waals surface area contributed by atoms with Gasteiger partial charge in [0, 0.05) is 24.8 Å². The number of imidazole rings is 1. The molecule has 0 radical (unpaired) electrons. The van der Waals surface area contributed by atoms with E-state index < -0.39 is 0 Å². The molecular weight excluding hydrogens is 402 g/mol. The third kappa shape index (κ3) is 3.76. The van der Waals surface area contributed by atoms with Crippen molar-refractivity contribution in [1.29, 1.82) is 0 Å². The van der Waals surface area contributed by atoms with Crippen molar-refractivity contribution in [2.24, 2.45) is 0 Å². The maximum absolute atomic E-state index is 13.3. The molecule has 158 valence electrons. The first-order valence-electron chi connectivity index (χ1n) is 10.4. The minimum atomic E-state index is -0.142. The molecule has 5 aromatic rings. The lowest BCUT2D eigenvalue weighted by Gasteiger charge is -2.23. The van der Waals surface area contributed by atoms with Crippen LogP contribution in [0.1, 0.15) is 12.1 Å². The fraction of sp³-hybridized carbons (Fsp3) is 0.120. The number of rotatable bonds is 6. The van der Waals surface area contributed by atoms with E-state index in [4.69, 9.17) is 0 Å². The molecule has 0 saturated heterocycles. The van der Waals surface area contributed by atoms with Crippen molar-refractivity contribution in [2.45, 2.75) is 19.5 Å². The lowest BCUT2D eigenvalue weighted by atomic mass is 10.2. The van der Waals surface area contributed by atoms with Gasteiger partial charge in [0.25, 0.3) is 5.56 Å². The number of nitrogens with zero attached hydrogens (tertiary/aromatic N) is 5. The zero-order valence-corrected chi connectivity index (χ0v) is 17.3. The maximum Gasteiger partial charge on any atom is 0.261 e. The largest absolute Gasteiger partial charge is 0.306 e. The number of pyridine rings is 1. The molecular formula is C25H21N5O2. The van der Waals surface area contributed by atoms with E-state index in [1.807, 2.05) is 71.3 Å². The molecule has 0 atom stereocenters. The second kappa shape index (κ2) is 8.47. The molecule has 32 heavy (non-hydrogen) atoms. The average Bonchev–Trinajstić information content (AvgIpc) is 3.25. The van der Waals surface area contributed by atoms with Crippen LogP contribution >= 0.6 is 0 Å². The second-order valence-electron chi connectivity index (χ2n) is 7.50. The van der Waals surface area contributed by atoms with Gasteiger partial charge in [-0.15, -0.1) is 0 Å². The molecule has 2 aromatic carbocycles. The minimum Gasteiger partial charge on any atom is -0.306 e. The summed E-state index contributed by atoms with van der Waals surface area (Å²) < 4.78 is 3.47. The number of para-hydroxylation sites is 2. The van der Waals surface area contributed by atoms with Crippen molar-refractivity contribution in [3.63, 3.8) is 0 Å². The van der Waals surface area contributed by atoms with Crippen molar-refractivity contribution in [3.05, 3.63) is 108 Å². The molecule has 0 saturated carbocycles. The van der Waals surface area contributed by atoms with E-state index in [0.717, 1.165) is 17.0 Å². The number of carbonyl (C=O) groups excluding carboxylic acids is 1. The van der Waals surface area contributed by atoms with Crippen LogP contribution in [0.25, 0.3) is 16.6 Å². The van der Waals surface area contributed by atoms with Gasteiger partial charge >= 0.3 is 0 Å². The molecule has 0 unspecified atom stereocenters. The molecule has 0 fully saturated rings. The molecule has 0 aliphatic carbocycles. The monoisotopic (exact) mass is 423 g/mol. The lowest BCUT2D eigenvalue weighted by Crippen LogP contribution is -2.32. The Hall–Kier alpha value is -4.26. The molecule has 0 aliphatic heterocycles. The summed E-state index contributed by atoms with van der Waals surface area (Å²) in [7, 11) is 0. The minimum absolute atomic E-state index is 0.0814. The quantitative estimate of drug-likeness (QED) is 0.418. The van der Waals surface area contributed by atoms with E-state index in [-0.39, 0.29) is 24.4 Å². The Kier molecular flexibility index (Phi) is 5.21. The number of anilines is 1. The van der Waals surface area contributed by atoms with Crippen LogP contribution < -0.4 is 10.5 Å². The predicted octanol–water partition coefficient (Wildman–Crippen LogP) is 3.67. The first-order valence-corrected chi connectivity index (χ1v) is 10.4. The Morgan fingerprint density at radius 1 is 0.906 bits per heavy atom. The molecule has 7 nitrogen and oxygen atoms in total. The summed E-state index contributed by atoms with van der Waals surface area (Å²) in [6.07, 6.45) is 5.41. The highest BCUT2D eigenvalue weighted by atomic mass is 16.2. The van der Waals surface area contributed by atoms with Crippen LogP contribution in [0.2, 0.25) is 0 Å². The van der Waals surface area contributed by atoms with Gasteiger partial charge in [-0.3, -0.25) is 14.2 Å². The standard InChI is InChI=1S/C25H21N5O2/c31-24(13-15-28-18-27-22-11-5-4-10-21(22)25(28)32)30(19-8-2-1-3-9-19)17-20-16-26-23-12-6-7-14-29(20)23/h1-12,14,16,18H,13,15,17H2. The summed E-state index contributed by atoms with van der Waals surface area (Å²) in [5.41, 5.74) is 3.04. The number of benzene rings is 2. The van der Waals surface area contributed by atoms with E-state index in [9.17, 15) is 9.59 Å². The molecule has 5 rings (SSSR count). The molecule has 0 N–H and O–H groups in total. The highest BCUT2D eigenvalue weighted by Crippen LogP contribution is 2.19. The van der Waals surface area contributed by atoms with E-state index in [1.54, 1.807) is 23.2 Å². The summed E-state index contributed by atoms with van der Waals surface area (Å²) >= 11 is 0. The van der Waals surface area contributed by atoms with Gasteiger partial charge in [-0.05, 0) is 36.4 Å². The molecule has 3 aromatic heterocycles. The van der Waals surface area contributed by atoms with Crippen LogP contribution in [-0.4, -0.2) is 24.8 Å². The number of amides is 1. The third-order valence-electron chi connectivity index (χ3n) is 5.48. The average molecular weight is 423 g/mol. The number of aryl methyl sites for hydroxylation is 1. The highest BCUT2D eigenvalue weighted by molar-refractivity contribution is 5.93. The second-order valence-corrected chi connectivity index (χ2v) is 7.50. The van der Waals surface area contributed by atoms with Gasteiger partial charge in [-0.1, -0.05) is 36.4 Å². The third-order valence-corrected chi connectivity index (χ3v) is 5.48. The van der Waals surface area contributed by atoms with Gasteiger partial charge in [0.15, 0.2) is 0 Å². The van der Waals surface area contributed by atoms with Crippen LogP contribution in [0.15, 0.2) is 96.3 Å². The Morgan fingerprint density at radius 2 is 1.69 bits per heavy atom. The normalized spacial score (nSPS) is 11.1. The maximum atomic E-state index is 13.3. The Morgan fingerprint density at radius 3 is 2.56 bits per heavy atom. The number of aromatic nitrogens is 4.